The molecule has 1 N–H and O–H groups in total. The van der Waals surface area contributed by atoms with E-state index in [1.54, 1.807) is 6.07 Å². The summed E-state index contributed by atoms with van der Waals surface area (Å²) < 4.78 is 20.3. The number of piperidine rings is 1. The summed E-state index contributed by atoms with van der Waals surface area (Å²) in [5, 5.41) is 9.19. The summed E-state index contributed by atoms with van der Waals surface area (Å²) in [5.41, 5.74) is 4.52. The van der Waals surface area contributed by atoms with Gasteiger partial charge in [0.05, 0.1) is 24.5 Å². The van der Waals surface area contributed by atoms with Crippen LogP contribution < -0.4 is 14.5 Å². The minimum atomic E-state index is -0.190. The van der Waals surface area contributed by atoms with Gasteiger partial charge in [-0.3, -0.25) is 4.90 Å². The number of aliphatic hydroxyl groups excluding tert-OH is 1. The van der Waals surface area contributed by atoms with E-state index in [-0.39, 0.29) is 31.1 Å². The fraction of sp³-hybridized carbons (Fsp3) is 0.345. The highest BCUT2D eigenvalue weighted by molar-refractivity contribution is 5.95. The summed E-state index contributed by atoms with van der Waals surface area (Å²) in [7, 11) is 0. The number of carbonyl (C=O) groups excluding carboxylic acids is 1. The van der Waals surface area contributed by atoms with Crippen molar-refractivity contribution < 1.29 is 19.0 Å². The van der Waals surface area contributed by atoms with Crippen molar-refractivity contribution in [3.8, 4) is 5.75 Å². The van der Waals surface area contributed by atoms with Crippen molar-refractivity contribution in [3.63, 3.8) is 0 Å². The minimum Gasteiger partial charge on any atom is -0.491 e. The lowest BCUT2D eigenvalue weighted by Gasteiger charge is -2.44. The molecule has 2 heterocycles. The van der Waals surface area contributed by atoms with Gasteiger partial charge in [-0.15, -0.1) is 0 Å². The summed E-state index contributed by atoms with van der Waals surface area (Å²) in [6, 6.07) is 20.9. The fourth-order valence-corrected chi connectivity index (χ4v) is 5.38. The summed E-state index contributed by atoms with van der Waals surface area (Å²) in [4.78, 5) is 19.8. The van der Waals surface area contributed by atoms with Gasteiger partial charge in [0, 0.05) is 31.2 Å². The molecular formula is C29H32FN3O3. The Kier molecular flexibility index (Phi) is 7.09. The zero-order chi connectivity index (χ0) is 25.1. The molecule has 0 aliphatic carbocycles. The van der Waals surface area contributed by atoms with E-state index in [1.165, 1.54) is 6.07 Å². The Bertz CT molecular complexity index is 1210. The lowest BCUT2D eigenvalue weighted by molar-refractivity contribution is 0.159. The molecular weight excluding hydrogens is 457 g/mol. The monoisotopic (exact) mass is 489 g/mol. The number of fused-ring (bicyclic) bond motifs is 1. The topological polar surface area (TPSA) is 56.3 Å². The van der Waals surface area contributed by atoms with Crippen LogP contribution in [0, 0.1) is 12.7 Å². The number of benzene rings is 3. The number of aryl methyl sites for hydroxylation is 1. The lowest BCUT2D eigenvalue weighted by Crippen LogP contribution is -2.54. The van der Waals surface area contributed by atoms with Gasteiger partial charge in [-0.2, -0.15) is 0 Å². The second-order valence-electron chi connectivity index (χ2n) is 9.43. The zero-order valence-corrected chi connectivity index (χ0v) is 20.6. The summed E-state index contributed by atoms with van der Waals surface area (Å²) in [6.07, 6.45) is 1.57. The molecule has 2 aliphatic rings. The van der Waals surface area contributed by atoms with Crippen LogP contribution in [0.25, 0.3) is 0 Å². The van der Waals surface area contributed by atoms with E-state index in [2.05, 4.69) is 11.0 Å². The van der Waals surface area contributed by atoms with Crippen molar-refractivity contribution >= 4 is 17.4 Å². The Morgan fingerprint density at radius 1 is 1.00 bits per heavy atom. The molecule has 0 bridgehead atoms. The molecule has 6 nitrogen and oxygen atoms in total. The highest BCUT2D eigenvalue weighted by Crippen LogP contribution is 2.35. The van der Waals surface area contributed by atoms with Gasteiger partial charge in [-0.05, 0) is 49.1 Å². The molecule has 0 unspecified atom stereocenters. The second kappa shape index (κ2) is 10.6. The van der Waals surface area contributed by atoms with E-state index in [9.17, 15) is 14.3 Å². The SMILES string of the molecule is Cc1cccc(F)c1N1CCC(N2Cc3ccccc3N(Cc3ccccc3OCCO)C2=O)CC1. The van der Waals surface area contributed by atoms with Crippen molar-refractivity contribution in [2.45, 2.75) is 38.9 Å². The molecule has 188 valence electrons. The van der Waals surface area contributed by atoms with E-state index in [0.29, 0.717) is 37.6 Å². The number of urea groups is 1. The number of hydrogen-bond acceptors (Lipinski definition) is 4. The van der Waals surface area contributed by atoms with E-state index in [1.807, 2.05) is 65.3 Å². The van der Waals surface area contributed by atoms with Gasteiger partial charge < -0.3 is 19.6 Å². The van der Waals surface area contributed by atoms with Crippen LogP contribution >= 0.6 is 0 Å². The molecule has 36 heavy (non-hydrogen) atoms. The Morgan fingerprint density at radius 3 is 2.53 bits per heavy atom. The summed E-state index contributed by atoms with van der Waals surface area (Å²) in [6.45, 7) is 4.42. The van der Waals surface area contributed by atoms with Crippen LogP contribution in [0.4, 0.5) is 20.6 Å². The molecule has 2 aliphatic heterocycles. The number of aliphatic hydroxyl groups is 1. The maximum Gasteiger partial charge on any atom is 0.325 e. The number of para-hydroxylation sites is 3. The second-order valence-corrected chi connectivity index (χ2v) is 9.43. The molecule has 2 amide bonds. The molecule has 0 saturated carbocycles. The number of rotatable bonds is 7. The Labute approximate surface area is 211 Å². The molecule has 0 aromatic heterocycles. The average molecular weight is 490 g/mol. The van der Waals surface area contributed by atoms with Crippen molar-refractivity contribution in [2.24, 2.45) is 0 Å². The number of carbonyl (C=O) groups is 1. The maximum absolute atomic E-state index is 14.5. The van der Waals surface area contributed by atoms with Crippen molar-refractivity contribution in [1.29, 1.82) is 0 Å². The van der Waals surface area contributed by atoms with Crippen LogP contribution in [0.5, 0.6) is 5.75 Å². The predicted molar refractivity (Wildman–Crippen MR) is 139 cm³/mol. The number of anilines is 2. The Balaban J connectivity index is 1.36. The first-order valence-electron chi connectivity index (χ1n) is 12.5. The fourth-order valence-electron chi connectivity index (χ4n) is 5.38. The highest BCUT2D eigenvalue weighted by Gasteiger charge is 2.36. The molecule has 1 fully saturated rings. The van der Waals surface area contributed by atoms with Crippen LogP contribution in [0.3, 0.4) is 0 Å². The predicted octanol–water partition coefficient (Wildman–Crippen LogP) is 5.12. The summed E-state index contributed by atoms with van der Waals surface area (Å²) >= 11 is 0. The third-order valence-corrected chi connectivity index (χ3v) is 7.16. The number of ether oxygens (including phenoxy) is 1. The summed E-state index contributed by atoms with van der Waals surface area (Å²) in [5.74, 6) is 0.479. The quantitative estimate of drug-likeness (QED) is 0.501. The first kappa shape index (κ1) is 24.1. The first-order valence-corrected chi connectivity index (χ1v) is 12.5. The highest BCUT2D eigenvalue weighted by atomic mass is 19.1. The Hall–Kier alpha value is -3.58. The molecule has 3 aromatic carbocycles. The van der Waals surface area contributed by atoms with Crippen LogP contribution in [-0.2, 0) is 13.1 Å². The number of nitrogens with zero attached hydrogens (tertiary/aromatic N) is 3. The van der Waals surface area contributed by atoms with Gasteiger partial charge in [0.15, 0.2) is 0 Å². The van der Waals surface area contributed by atoms with E-state index in [4.69, 9.17) is 4.74 Å². The smallest absolute Gasteiger partial charge is 0.325 e. The number of amides is 2. The van der Waals surface area contributed by atoms with Gasteiger partial charge in [0.1, 0.15) is 18.2 Å². The normalized spacial score (nSPS) is 16.3. The van der Waals surface area contributed by atoms with E-state index < -0.39 is 0 Å². The van der Waals surface area contributed by atoms with Crippen LogP contribution in [0.15, 0.2) is 66.7 Å². The third kappa shape index (κ3) is 4.75. The minimum absolute atomic E-state index is 0.0221. The van der Waals surface area contributed by atoms with Crippen molar-refractivity contribution in [3.05, 3.63) is 89.2 Å². The van der Waals surface area contributed by atoms with Crippen LogP contribution in [0.2, 0.25) is 0 Å². The molecule has 1 saturated heterocycles. The lowest BCUT2D eigenvalue weighted by atomic mass is 9.99. The largest absolute Gasteiger partial charge is 0.491 e. The Morgan fingerprint density at radius 2 is 1.75 bits per heavy atom. The van der Waals surface area contributed by atoms with Crippen molar-refractivity contribution in [1.82, 2.24) is 4.90 Å². The van der Waals surface area contributed by atoms with Crippen LogP contribution in [0.1, 0.15) is 29.5 Å². The molecule has 0 atom stereocenters. The van der Waals surface area contributed by atoms with E-state index in [0.717, 1.165) is 35.2 Å². The molecule has 3 aromatic rings. The van der Waals surface area contributed by atoms with Gasteiger partial charge >= 0.3 is 6.03 Å². The van der Waals surface area contributed by atoms with Gasteiger partial charge in [-0.25, -0.2) is 9.18 Å². The van der Waals surface area contributed by atoms with Crippen LogP contribution in [-0.4, -0.2) is 48.4 Å². The first-order chi connectivity index (χ1) is 17.6. The van der Waals surface area contributed by atoms with Crippen molar-refractivity contribution in [2.75, 3.05) is 36.1 Å². The number of halogens is 1. The van der Waals surface area contributed by atoms with E-state index >= 15 is 0 Å². The molecule has 0 radical (unpaired) electrons. The third-order valence-electron chi connectivity index (χ3n) is 7.16. The number of hydrogen-bond donors (Lipinski definition) is 1. The zero-order valence-electron chi connectivity index (χ0n) is 20.6. The maximum atomic E-state index is 14.5. The van der Waals surface area contributed by atoms with Gasteiger partial charge in [0.2, 0.25) is 0 Å². The molecule has 5 rings (SSSR count). The molecule has 0 spiro atoms. The molecule has 7 heteroatoms. The standard InChI is InChI=1S/C29H32FN3O3/c1-21-7-6-10-25(30)28(21)31-15-13-24(14-16-31)32-19-22-8-2-4-11-26(22)33(29(32)35)20-23-9-3-5-12-27(23)36-18-17-34/h2-12,24,34H,13-20H2,1H3. The van der Waals surface area contributed by atoms with Gasteiger partial charge in [-0.1, -0.05) is 48.5 Å². The van der Waals surface area contributed by atoms with Gasteiger partial charge in [0.25, 0.3) is 0 Å². The average Bonchev–Trinajstić information content (AvgIpc) is 2.90.